The number of thiazole rings is 1. The van der Waals surface area contributed by atoms with Gasteiger partial charge in [-0.15, -0.1) is 23.7 Å². The van der Waals surface area contributed by atoms with Crippen molar-refractivity contribution in [3.63, 3.8) is 0 Å². The summed E-state index contributed by atoms with van der Waals surface area (Å²) in [7, 11) is 0. The Morgan fingerprint density at radius 2 is 2.05 bits per heavy atom. The molecule has 8 heteroatoms. The number of hydrogen-bond acceptors (Lipinski definition) is 5. The van der Waals surface area contributed by atoms with Gasteiger partial charge in [0.1, 0.15) is 10.7 Å². The lowest BCUT2D eigenvalue weighted by molar-refractivity contribution is -0.121. The van der Waals surface area contributed by atoms with Crippen LogP contribution in [0.5, 0.6) is 0 Å². The quantitative estimate of drug-likeness (QED) is 0.754. The number of nitrogens with one attached hydrogen (secondary N) is 2. The maximum absolute atomic E-state index is 11.8. The van der Waals surface area contributed by atoms with Crippen LogP contribution in [0.3, 0.4) is 0 Å². The average Bonchev–Trinajstić information content (AvgIpc) is 2.95. The molecule has 1 saturated carbocycles. The molecule has 6 nitrogen and oxygen atoms in total. The first kappa shape index (κ1) is 17.9. The number of nitrogens with zero attached hydrogens (tertiary/aromatic N) is 1. The molecule has 0 aromatic carbocycles. The van der Waals surface area contributed by atoms with E-state index in [1.165, 1.54) is 17.8 Å². The van der Waals surface area contributed by atoms with Gasteiger partial charge in [0, 0.05) is 18.0 Å². The summed E-state index contributed by atoms with van der Waals surface area (Å²) in [5.41, 5.74) is 5.76. The maximum atomic E-state index is 11.8. The predicted octanol–water partition coefficient (Wildman–Crippen LogP) is 1.20. The molecule has 0 radical (unpaired) electrons. The summed E-state index contributed by atoms with van der Waals surface area (Å²) < 4.78 is 0. The van der Waals surface area contributed by atoms with E-state index in [4.69, 9.17) is 5.73 Å². The van der Waals surface area contributed by atoms with Crippen LogP contribution >= 0.6 is 23.7 Å². The first-order valence-electron chi connectivity index (χ1n) is 6.91. The van der Waals surface area contributed by atoms with Crippen molar-refractivity contribution in [2.75, 3.05) is 6.54 Å². The average molecular weight is 333 g/mol. The summed E-state index contributed by atoms with van der Waals surface area (Å²) in [6.45, 7) is 0.310. The van der Waals surface area contributed by atoms with Crippen molar-refractivity contribution >= 4 is 35.6 Å². The molecule has 1 heterocycles. The molecule has 0 atom stereocenters. The molecular formula is C13H21ClN4O2S. The van der Waals surface area contributed by atoms with Crippen molar-refractivity contribution in [2.24, 2.45) is 5.73 Å². The van der Waals surface area contributed by atoms with Gasteiger partial charge in [0.2, 0.25) is 5.91 Å². The third kappa shape index (κ3) is 5.61. The predicted molar refractivity (Wildman–Crippen MR) is 84.6 cm³/mol. The summed E-state index contributed by atoms with van der Waals surface area (Å²) in [6.07, 6.45) is 5.64. The molecule has 0 spiro atoms. The zero-order valence-electron chi connectivity index (χ0n) is 11.8. The molecule has 1 aromatic rings. The number of rotatable bonds is 5. The van der Waals surface area contributed by atoms with Gasteiger partial charge in [-0.2, -0.15) is 0 Å². The van der Waals surface area contributed by atoms with Crippen LogP contribution in [0.2, 0.25) is 0 Å². The minimum atomic E-state index is -0.334. The molecule has 1 fully saturated rings. The minimum absolute atomic E-state index is 0. The van der Waals surface area contributed by atoms with Crippen LogP contribution in [-0.2, 0) is 11.3 Å². The normalized spacial score (nSPS) is 15.1. The van der Waals surface area contributed by atoms with Crippen LogP contribution in [0, 0.1) is 0 Å². The van der Waals surface area contributed by atoms with Crippen LogP contribution in [0.1, 0.15) is 47.6 Å². The Hall–Kier alpha value is -1.18. The van der Waals surface area contributed by atoms with E-state index >= 15 is 0 Å². The number of nitrogens with two attached hydrogens (primary N) is 1. The third-order valence-electron chi connectivity index (χ3n) is 3.34. The van der Waals surface area contributed by atoms with Gasteiger partial charge in [0.25, 0.3) is 5.91 Å². The summed E-state index contributed by atoms with van der Waals surface area (Å²) in [5, 5.41) is 7.89. The van der Waals surface area contributed by atoms with Crippen LogP contribution in [0.15, 0.2) is 5.38 Å². The van der Waals surface area contributed by atoms with Gasteiger partial charge in [-0.3, -0.25) is 9.59 Å². The molecule has 1 aliphatic rings. The van der Waals surface area contributed by atoms with E-state index in [9.17, 15) is 9.59 Å². The smallest absolute Gasteiger partial charge is 0.271 e. The van der Waals surface area contributed by atoms with E-state index in [2.05, 4.69) is 15.6 Å². The molecule has 0 bridgehead atoms. The lowest BCUT2D eigenvalue weighted by Gasteiger charge is -2.22. The van der Waals surface area contributed by atoms with Crippen molar-refractivity contribution < 1.29 is 9.59 Å². The second-order valence-corrected chi connectivity index (χ2v) is 5.86. The van der Waals surface area contributed by atoms with Gasteiger partial charge in [-0.05, 0) is 12.8 Å². The molecule has 2 rings (SSSR count). The van der Waals surface area contributed by atoms with Crippen molar-refractivity contribution in [3.05, 3.63) is 16.1 Å². The molecule has 0 saturated heterocycles. The van der Waals surface area contributed by atoms with E-state index in [0.29, 0.717) is 17.2 Å². The van der Waals surface area contributed by atoms with Gasteiger partial charge in [0.05, 0.1) is 6.54 Å². The number of amides is 2. The number of carbonyl (C=O) groups excluding carboxylic acids is 2. The maximum Gasteiger partial charge on any atom is 0.271 e. The molecule has 118 valence electrons. The Kier molecular flexibility index (Phi) is 7.63. The highest BCUT2D eigenvalue weighted by atomic mass is 35.5. The topological polar surface area (TPSA) is 97.1 Å². The van der Waals surface area contributed by atoms with Gasteiger partial charge in [0.15, 0.2) is 0 Å². The Morgan fingerprint density at radius 3 is 2.67 bits per heavy atom. The van der Waals surface area contributed by atoms with Crippen molar-refractivity contribution in [3.8, 4) is 0 Å². The van der Waals surface area contributed by atoms with Crippen LogP contribution in [-0.4, -0.2) is 29.4 Å². The first-order valence-corrected chi connectivity index (χ1v) is 7.79. The monoisotopic (exact) mass is 332 g/mol. The van der Waals surface area contributed by atoms with E-state index in [1.807, 2.05) is 0 Å². The summed E-state index contributed by atoms with van der Waals surface area (Å²) in [4.78, 5) is 27.6. The molecule has 0 unspecified atom stereocenters. The molecule has 4 N–H and O–H groups in total. The van der Waals surface area contributed by atoms with Crippen LogP contribution in [0.25, 0.3) is 0 Å². The van der Waals surface area contributed by atoms with Crippen molar-refractivity contribution in [2.45, 2.75) is 44.7 Å². The second-order valence-electron chi connectivity index (χ2n) is 4.92. The molecule has 2 amide bonds. The fourth-order valence-electron chi connectivity index (χ4n) is 2.29. The Morgan fingerprint density at radius 1 is 1.33 bits per heavy atom. The zero-order chi connectivity index (χ0) is 14.4. The van der Waals surface area contributed by atoms with Crippen molar-refractivity contribution in [1.82, 2.24) is 15.6 Å². The summed E-state index contributed by atoms with van der Waals surface area (Å²) in [6, 6.07) is 0.260. The molecular weight excluding hydrogens is 312 g/mol. The van der Waals surface area contributed by atoms with Gasteiger partial charge in [-0.25, -0.2) is 4.98 Å². The second kappa shape index (κ2) is 8.96. The van der Waals surface area contributed by atoms with E-state index in [0.717, 1.165) is 25.7 Å². The first-order chi connectivity index (χ1) is 9.69. The fraction of sp³-hybridized carbons (Fsp3) is 0.615. The van der Waals surface area contributed by atoms with Crippen LogP contribution < -0.4 is 16.4 Å². The van der Waals surface area contributed by atoms with E-state index in [1.54, 1.807) is 5.38 Å². The Bertz CT molecular complexity index is 474. The van der Waals surface area contributed by atoms with E-state index in [-0.39, 0.29) is 36.8 Å². The fourth-order valence-corrected chi connectivity index (χ4v) is 2.94. The molecule has 21 heavy (non-hydrogen) atoms. The van der Waals surface area contributed by atoms with Gasteiger partial charge >= 0.3 is 0 Å². The number of hydrogen-bond donors (Lipinski definition) is 3. The lowest BCUT2D eigenvalue weighted by Crippen LogP contribution is -2.42. The number of aromatic nitrogens is 1. The standard InChI is InChI=1S/C13H20N4O2S.ClH/c14-6-12-17-10(8-20-12)13(19)15-7-11(18)16-9-4-2-1-3-5-9;/h8-9H,1-7,14H2,(H,15,19)(H,16,18);1H. The summed E-state index contributed by atoms with van der Waals surface area (Å²) in [5.74, 6) is -0.473. The largest absolute Gasteiger partial charge is 0.352 e. The molecule has 0 aliphatic heterocycles. The summed E-state index contributed by atoms with van der Waals surface area (Å²) >= 11 is 1.34. The highest BCUT2D eigenvalue weighted by Gasteiger charge is 2.16. The highest BCUT2D eigenvalue weighted by Crippen LogP contribution is 2.17. The Labute approximate surface area is 134 Å². The Balaban J connectivity index is 0.00000220. The number of carbonyl (C=O) groups is 2. The SMILES string of the molecule is Cl.NCc1nc(C(=O)NCC(=O)NC2CCCCC2)cs1. The lowest BCUT2D eigenvalue weighted by atomic mass is 9.95. The molecule has 1 aromatic heterocycles. The van der Waals surface area contributed by atoms with Crippen LogP contribution in [0.4, 0.5) is 0 Å². The molecule has 1 aliphatic carbocycles. The van der Waals surface area contributed by atoms with Gasteiger partial charge in [-0.1, -0.05) is 19.3 Å². The minimum Gasteiger partial charge on any atom is -0.352 e. The highest BCUT2D eigenvalue weighted by molar-refractivity contribution is 7.09. The number of halogens is 1. The van der Waals surface area contributed by atoms with Crippen molar-refractivity contribution in [1.29, 1.82) is 0 Å². The van der Waals surface area contributed by atoms with Gasteiger partial charge < -0.3 is 16.4 Å². The van der Waals surface area contributed by atoms with E-state index < -0.39 is 0 Å². The third-order valence-corrected chi connectivity index (χ3v) is 4.21. The zero-order valence-corrected chi connectivity index (χ0v) is 13.4.